The average molecular weight is 614 g/mol. The first-order valence-corrected chi connectivity index (χ1v) is 12.2. The fourth-order valence-electron chi connectivity index (χ4n) is 3.29. The number of amides is 2. The summed E-state index contributed by atoms with van der Waals surface area (Å²) in [6.07, 6.45) is -3.25. The van der Waals surface area contributed by atoms with Crippen LogP contribution in [0.4, 0.5) is 23.7 Å². The summed E-state index contributed by atoms with van der Waals surface area (Å²) in [6.45, 7) is 0.0849. The van der Waals surface area contributed by atoms with Crippen molar-refractivity contribution in [3.8, 4) is 11.5 Å². The zero-order valence-electron chi connectivity index (χ0n) is 18.3. The number of nitro groups is 1. The average Bonchev–Trinajstić information content (AvgIpc) is 3.08. The van der Waals surface area contributed by atoms with Gasteiger partial charge in [0.2, 0.25) is 5.75 Å². The van der Waals surface area contributed by atoms with Gasteiger partial charge in [-0.15, -0.1) is 0 Å². The van der Waals surface area contributed by atoms with E-state index >= 15 is 0 Å². The van der Waals surface area contributed by atoms with Crippen molar-refractivity contribution < 1.29 is 32.4 Å². The number of halogens is 5. The number of imide groups is 1. The molecular weight excluding hydrogens is 601 g/mol. The molecule has 7 nitrogen and oxygen atoms in total. The Labute approximate surface area is 225 Å². The van der Waals surface area contributed by atoms with Crippen LogP contribution in [0.25, 0.3) is 6.08 Å². The molecule has 0 atom stereocenters. The molecule has 0 unspecified atom stereocenters. The summed E-state index contributed by atoms with van der Waals surface area (Å²) in [5.41, 5.74) is -0.779. The number of ether oxygens (including phenoxy) is 1. The van der Waals surface area contributed by atoms with Crippen LogP contribution in [0.2, 0.25) is 5.02 Å². The molecule has 13 heteroatoms. The Morgan fingerprint density at radius 1 is 1.05 bits per heavy atom. The van der Waals surface area contributed by atoms with Crippen molar-refractivity contribution in [3.63, 3.8) is 0 Å². The lowest BCUT2D eigenvalue weighted by atomic mass is 10.1. The number of nitrogens with zero attached hydrogens (tertiary/aromatic N) is 2. The van der Waals surface area contributed by atoms with Crippen LogP contribution in [0.15, 0.2) is 70.0 Å². The first kappa shape index (κ1) is 26.7. The number of carbonyl (C=O) groups is 2. The van der Waals surface area contributed by atoms with E-state index in [1.54, 1.807) is 30.3 Å². The number of hydrogen-bond donors (Lipinski definition) is 0. The lowest BCUT2D eigenvalue weighted by Crippen LogP contribution is -2.27. The van der Waals surface area contributed by atoms with Crippen molar-refractivity contribution >= 4 is 62.2 Å². The number of hydrogen-bond acceptors (Lipinski definition) is 6. The van der Waals surface area contributed by atoms with E-state index in [9.17, 15) is 32.9 Å². The Morgan fingerprint density at radius 2 is 1.73 bits per heavy atom. The monoisotopic (exact) mass is 612 g/mol. The molecular formula is C24H13BrClF3N2O5S. The fourth-order valence-corrected chi connectivity index (χ4v) is 4.73. The fraction of sp³-hybridized carbons (Fsp3) is 0.0833. The number of benzene rings is 3. The molecule has 4 rings (SSSR count). The Morgan fingerprint density at radius 3 is 2.35 bits per heavy atom. The molecule has 1 fully saturated rings. The van der Waals surface area contributed by atoms with Crippen LogP contribution in [0.3, 0.4) is 0 Å². The molecule has 0 bridgehead atoms. The molecule has 1 aliphatic rings. The molecule has 3 aromatic carbocycles. The normalized spacial score (nSPS) is 14.9. The third-order valence-corrected chi connectivity index (χ3v) is 6.86. The minimum absolute atomic E-state index is 0.0849. The van der Waals surface area contributed by atoms with E-state index in [1.165, 1.54) is 18.2 Å². The number of carbonyl (C=O) groups excluding carboxylic acids is 2. The van der Waals surface area contributed by atoms with E-state index in [1.807, 2.05) is 0 Å². The largest absolute Gasteiger partial charge is 0.449 e. The maximum atomic E-state index is 12.9. The summed E-state index contributed by atoms with van der Waals surface area (Å²) in [5.74, 6) is -0.757. The third-order valence-electron chi connectivity index (χ3n) is 5.08. The van der Waals surface area contributed by atoms with E-state index in [2.05, 4.69) is 15.9 Å². The molecule has 2 amide bonds. The highest BCUT2D eigenvalue weighted by Gasteiger charge is 2.35. The summed E-state index contributed by atoms with van der Waals surface area (Å²) in [6, 6.07) is 13.2. The Hall–Kier alpha value is -3.35. The van der Waals surface area contributed by atoms with Crippen LogP contribution in [-0.4, -0.2) is 21.0 Å². The number of nitro benzene ring substituents is 1. The van der Waals surface area contributed by atoms with Crippen molar-refractivity contribution in [1.82, 2.24) is 4.90 Å². The van der Waals surface area contributed by atoms with Gasteiger partial charge >= 0.3 is 11.9 Å². The number of rotatable bonds is 6. The summed E-state index contributed by atoms with van der Waals surface area (Å²) in [4.78, 5) is 36.8. The summed E-state index contributed by atoms with van der Waals surface area (Å²) in [7, 11) is 0. The zero-order chi connectivity index (χ0) is 26.9. The second-order valence-corrected chi connectivity index (χ2v) is 9.91. The van der Waals surface area contributed by atoms with Crippen LogP contribution in [0, 0.1) is 10.1 Å². The van der Waals surface area contributed by atoms with Gasteiger partial charge in [0.1, 0.15) is 5.75 Å². The smallest absolute Gasteiger partial charge is 0.416 e. The van der Waals surface area contributed by atoms with Gasteiger partial charge in [0.05, 0.1) is 26.4 Å². The van der Waals surface area contributed by atoms with Crippen molar-refractivity contribution in [2.75, 3.05) is 0 Å². The van der Waals surface area contributed by atoms with Crippen LogP contribution in [0.5, 0.6) is 11.5 Å². The first-order chi connectivity index (χ1) is 17.4. The van der Waals surface area contributed by atoms with Gasteiger partial charge in [-0.1, -0.05) is 29.8 Å². The van der Waals surface area contributed by atoms with Gasteiger partial charge in [-0.3, -0.25) is 24.6 Å². The van der Waals surface area contributed by atoms with Gasteiger partial charge < -0.3 is 4.74 Å². The summed E-state index contributed by atoms with van der Waals surface area (Å²) in [5, 5.41) is 11.4. The molecule has 0 spiro atoms. The summed E-state index contributed by atoms with van der Waals surface area (Å²) >= 11 is 9.91. The molecule has 37 heavy (non-hydrogen) atoms. The standard InChI is InChI=1S/C24H13BrClF3N2O5S/c25-17-9-14(10-21-22(32)30(23(33)37-21)12-13-1-5-16(26)6-2-13)3-7-19(17)36-20-8-4-15(24(27,28)29)11-18(20)31(34)35/h1-11H,12H2/b21-10-. The van der Waals surface area contributed by atoms with E-state index in [4.69, 9.17) is 16.3 Å². The molecule has 0 aliphatic carbocycles. The molecule has 0 saturated carbocycles. The van der Waals surface area contributed by atoms with Gasteiger partial charge in [-0.05, 0) is 81.3 Å². The minimum Gasteiger partial charge on any atom is -0.449 e. The van der Waals surface area contributed by atoms with E-state index in [-0.39, 0.29) is 22.9 Å². The topological polar surface area (TPSA) is 89.7 Å². The minimum atomic E-state index is -4.75. The summed E-state index contributed by atoms with van der Waals surface area (Å²) < 4.78 is 44.6. The van der Waals surface area contributed by atoms with Crippen LogP contribution in [-0.2, 0) is 17.5 Å². The molecule has 0 aromatic heterocycles. The highest BCUT2D eigenvalue weighted by molar-refractivity contribution is 9.10. The highest BCUT2D eigenvalue weighted by atomic mass is 79.9. The molecule has 1 heterocycles. The molecule has 0 N–H and O–H groups in total. The maximum Gasteiger partial charge on any atom is 0.416 e. The van der Waals surface area contributed by atoms with Gasteiger partial charge in [0, 0.05) is 11.1 Å². The second-order valence-electron chi connectivity index (χ2n) is 7.62. The van der Waals surface area contributed by atoms with Crippen molar-refractivity contribution in [1.29, 1.82) is 0 Å². The predicted octanol–water partition coefficient (Wildman–Crippen LogP) is 8.06. The van der Waals surface area contributed by atoms with Crippen molar-refractivity contribution in [2.45, 2.75) is 12.7 Å². The van der Waals surface area contributed by atoms with Crippen molar-refractivity contribution in [3.05, 3.63) is 102 Å². The quantitative estimate of drug-likeness (QED) is 0.159. The SMILES string of the molecule is O=C1S/C(=C\c2ccc(Oc3ccc(C(F)(F)F)cc3[N+](=O)[O-])c(Br)c2)C(=O)N1Cc1ccc(Cl)cc1. The Balaban J connectivity index is 1.53. The van der Waals surface area contributed by atoms with Gasteiger partial charge in [0.25, 0.3) is 11.1 Å². The lowest BCUT2D eigenvalue weighted by Gasteiger charge is -2.12. The molecule has 190 valence electrons. The highest BCUT2D eigenvalue weighted by Crippen LogP contribution is 2.40. The van der Waals surface area contributed by atoms with Gasteiger partial charge in [0.15, 0.2) is 0 Å². The second kappa shape index (κ2) is 10.6. The molecule has 1 saturated heterocycles. The Kier molecular flexibility index (Phi) is 7.62. The van der Waals surface area contributed by atoms with Gasteiger partial charge in [-0.25, -0.2) is 0 Å². The van der Waals surface area contributed by atoms with Crippen molar-refractivity contribution in [2.24, 2.45) is 0 Å². The molecule has 1 aliphatic heterocycles. The zero-order valence-corrected chi connectivity index (χ0v) is 21.5. The first-order valence-electron chi connectivity index (χ1n) is 10.3. The van der Waals surface area contributed by atoms with Crippen LogP contribution in [0.1, 0.15) is 16.7 Å². The molecule has 0 radical (unpaired) electrons. The lowest BCUT2D eigenvalue weighted by molar-refractivity contribution is -0.385. The number of thioether (sulfide) groups is 1. The molecule has 3 aromatic rings. The van der Waals surface area contributed by atoms with Crippen LogP contribution < -0.4 is 4.74 Å². The van der Waals surface area contributed by atoms with E-state index in [0.717, 1.165) is 28.3 Å². The predicted molar refractivity (Wildman–Crippen MR) is 135 cm³/mol. The Bertz CT molecular complexity index is 1450. The van der Waals surface area contributed by atoms with Gasteiger partial charge in [-0.2, -0.15) is 13.2 Å². The number of alkyl halides is 3. The maximum absolute atomic E-state index is 12.9. The van der Waals surface area contributed by atoms with E-state index < -0.39 is 33.5 Å². The third kappa shape index (κ3) is 6.14. The van der Waals surface area contributed by atoms with Crippen LogP contribution >= 0.6 is 39.3 Å². The van der Waals surface area contributed by atoms with E-state index in [0.29, 0.717) is 27.2 Å².